The molecule has 0 aliphatic carbocycles. The second kappa shape index (κ2) is 8.95. The molecule has 0 spiro atoms. The maximum atomic E-state index is 5.80. The minimum absolute atomic E-state index is 0.360. The van der Waals surface area contributed by atoms with Crippen molar-refractivity contribution in [1.82, 2.24) is 5.32 Å². The molecule has 0 aromatic heterocycles. The lowest BCUT2D eigenvalue weighted by Gasteiger charge is -2.20. The summed E-state index contributed by atoms with van der Waals surface area (Å²) in [5.41, 5.74) is 1.23. The molecule has 1 aromatic carbocycles. The van der Waals surface area contributed by atoms with Crippen LogP contribution >= 0.6 is 0 Å². The molecular weight excluding hydrogens is 226 g/mol. The molecule has 18 heavy (non-hydrogen) atoms. The zero-order valence-electron chi connectivity index (χ0n) is 11.7. The largest absolute Gasteiger partial charge is 0.491 e. The average molecular weight is 251 g/mol. The highest BCUT2D eigenvalue weighted by Crippen LogP contribution is 2.26. The first kappa shape index (κ1) is 15.0. The minimum atomic E-state index is 0.360. The molecule has 0 bridgehead atoms. The Bertz CT molecular complexity index is 328. The molecule has 0 heterocycles. The average Bonchev–Trinajstić information content (AvgIpc) is 2.42. The molecule has 0 radical (unpaired) electrons. The number of ether oxygens (including phenoxy) is 2. The Balaban J connectivity index is 2.65. The van der Waals surface area contributed by atoms with Crippen LogP contribution in [0, 0.1) is 0 Å². The third kappa shape index (κ3) is 4.67. The summed E-state index contributed by atoms with van der Waals surface area (Å²) in [5, 5.41) is 3.48. The molecule has 1 rings (SSSR count). The van der Waals surface area contributed by atoms with E-state index in [4.69, 9.17) is 9.47 Å². The summed E-state index contributed by atoms with van der Waals surface area (Å²) in [6.07, 6.45) is 1.06. The van der Waals surface area contributed by atoms with E-state index in [1.807, 2.05) is 19.1 Å². The topological polar surface area (TPSA) is 30.5 Å². The zero-order chi connectivity index (χ0) is 13.2. The Labute approximate surface area is 110 Å². The molecule has 1 aromatic rings. The van der Waals surface area contributed by atoms with Crippen LogP contribution in [0.3, 0.4) is 0 Å². The van der Waals surface area contributed by atoms with Gasteiger partial charge < -0.3 is 14.8 Å². The molecular formula is C15H25NO2. The van der Waals surface area contributed by atoms with Gasteiger partial charge in [0.2, 0.25) is 0 Å². The van der Waals surface area contributed by atoms with Crippen LogP contribution in [0.5, 0.6) is 5.75 Å². The van der Waals surface area contributed by atoms with Crippen molar-refractivity contribution in [2.45, 2.75) is 33.2 Å². The van der Waals surface area contributed by atoms with E-state index in [9.17, 15) is 0 Å². The molecule has 0 amide bonds. The number of para-hydroxylation sites is 1. The van der Waals surface area contributed by atoms with Gasteiger partial charge in [0.25, 0.3) is 0 Å². The van der Waals surface area contributed by atoms with E-state index in [2.05, 4.69) is 31.3 Å². The van der Waals surface area contributed by atoms with Gasteiger partial charge in [0.15, 0.2) is 0 Å². The van der Waals surface area contributed by atoms with Crippen LogP contribution in [-0.4, -0.2) is 26.4 Å². The number of rotatable bonds is 9. The Kier molecular flexibility index (Phi) is 7.46. The maximum Gasteiger partial charge on any atom is 0.124 e. The second-order valence-corrected chi connectivity index (χ2v) is 4.10. The van der Waals surface area contributed by atoms with Gasteiger partial charge >= 0.3 is 0 Å². The standard InChI is InChI=1S/C15H25NO2/c1-4-14(16-5-2)13-9-7-8-10-15(13)18-12-11-17-6-3/h7-10,14,16H,4-6,11-12H2,1-3H3. The van der Waals surface area contributed by atoms with E-state index >= 15 is 0 Å². The lowest BCUT2D eigenvalue weighted by atomic mass is 10.0. The molecule has 3 nitrogen and oxygen atoms in total. The summed E-state index contributed by atoms with van der Waals surface area (Å²) in [7, 11) is 0. The number of hydrogen-bond acceptors (Lipinski definition) is 3. The van der Waals surface area contributed by atoms with Crippen LogP contribution < -0.4 is 10.1 Å². The Morgan fingerprint density at radius 2 is 1.89 bits per heavy atom. The first-order valence-electron chi connectivity index (χ1n) is 6.86. The van der Waals surface area contributed by atoms with E-state index in [0.29, 0.717) is 19.3 Å². The van der Waals surface area contributed by atoms with Gasteiger partial charge in [0.05, 0.1) is 6.61 Å². The number of nitrogens with one attached hydrogen (secondary N) is 1. The van der Waals surface area contributed by atoms with E-state index in [0.717, 1.165) is 25.3 Å². The van der Waals surface area contributed by atoms with Gasteiger partial charge in [-0.2, -0.15) is 0 Å². The number of benzene rings is 1. The van der Waals surface area contributed by atoms with Crippen molar-refractivity contribution >= 4 is 0 Å². The van der Waals surface area contributed by atoms with Crippen molar-refractivity contribution in [2.75, 3.05) is 26.4 Å². The Hall–Kier alpha value is -1.06. The van der Waals surface area contributed by atoms with Gasteiger partial charge in [0, 0.05) is 18.2 Å². The Morgan fingerprint density at radius 3 is 2.56 bits per heavy atom. The molecule has 1 unspecified atom stereocenters. The zero-order valence-corrected chi connectivity index (χ0v) is 11.7. The fourth-order valence-corrected chi connectivity index (χ4v) is 1.98. The van der Waals surface area contributed by atoms with E-state index in [1.165, 1.54) is 5.56 Å². The summed E-state index contributed by atoms with van der Waals surface area (Å²) in [6, 6.07) is 8.59. The summed E-state index contributed by atoms with van der Waals surface area (Å²) >= 11 is 0. The Morgan fingerprint density at radius 1 is 1.11 bits per heavy atom. The molecule has 1 atom stereocenters. The second-order valence-electron chi connectivity index (χ2n) is 4.10. The number of hydrogen-bond donors (Lipinski definition) is 1. The monoisotopic (exact) mass is 251 g/mol. The van der Waals surface area contributed by atoms with Crippen LogP contribution in [0.25, 0.3) is 0 Å². The smallest absolute Gasteiger partial charge is 0.124 e. The summed E-state index contributed by atoms with van der Waals surface area (Å²) in [5.74, 6) is 0.963. The quantitative estimate of drug-likeness (QED) is 0.684. The predicted octanol–water partition coefficient (Wildman–Crippen LogP) is 3.16. The minimum Gasteiger partial charge on any atom is -0.491 e. The molecule has 0 fully saturated rings. The molecule has 1 N–H and O–H groups in total. The SMILES string of the molecule is CCNC(CC)c1ccccc1OCCOCC. The van der Waals surface area contributed by atoms with Gasteiger partial charge in [-0.05, 0) is 26.0 Å². The van der Waals surface area contributed by atoms with E-state index < -0.39 is 0 Å². The van der Waals surface area contributed by atoms with Crippen LogP contribution in [-0.2, 0) is 4.74 Å². The molecule has 0 saturated heterocycles. The lowest BCUT2D eigenvalue weighted by Crippen LogP contribution is -2.21. The van der Waals surface area contributed by atoms with Crippen molar-refractivity contribution in [3.63, 3.8) is 0 Å². The van der Waals surface area contributed by atoms with Crippen LogP contribution in [0.15, 0.2) is 24.3 Å². The van der Waals surface area contributed by atoms with Gasteiger partial charge in [-0.25, -0.2) is 0 Å². The highest BCUT2D eigenvalue weighted by Gasteiger charge is 2.12. The fraction of sp³-hybridized carbons (Fsp3) is 0.600. The van der Waals surface area contributed by atoms with Gasteiger partial charge in [0.1, 0.15) is 12.4 Å². The van der Waals surface area contributed by atoms with Gasteiger partial charge in [-0.15, -0.1) is 0 Å². The third-order valence-corrected chi connectivity index (χ3v) is 2.84. The van der Waals surface area contributed by atoms with Gasteiger partial charge in [-0.3, -0.25) is 0 Å². The van der Waals surface area contributed by atoms with Crippen molar-refractivity contribution in [3.8, 4) is 5.75 Å². The normalized spacial score (nSPS) is 12.4. The third-order valence-electron chi connectivity index (χ3n) is 2.84. The van der Waals surface area contributed by atoms with Crippen molar-refractivity contribution in [2.24, 2.45) is 0 Å². The van der Waals surface area contributed by atoms with E-state index in [-0.39, 0.29) is 0 Å². The van der Waals surface area contributed by atoms with Crippen molar-refractivity contribution in [3.05, 3.63) is 29.8 Å². The van der Waals surface area contributed by atoms with Gasteiger partial charge in [-0.1, -0.05) is 32.0 Å². The molecule has 0 aliphatic heterocycles. The van der Waals surface area contributed by atoms with Crippen molar-refractivity contribution in [1.29, 1.82) is 0 Å². The first-order valence-corrected chi connectivity index (χ1v) is 6.86. The molecule has 3 heteroatoms. The summed E-state index contributed by atoms with van der Waals surface area (Å²) in [6.45, 7) is 9.25. The highest BCUT2D eigenvalue weighted by molar-refractivity contribution is 5.35. The lowest BCUT2D eigenvalue weighted by molar-refractivity contribution is 0.109. The summed E-state index contributed by atoms with van der Waals surface area (Å²) in [4.78, 5) is 0. The maximum absolute atomic E-state index is 5.80. The van der Waals surface area contributed by atoms with Crippen LogP contribution in [0.2, 0.25) is 0 Å². The predicted molar refractivity (Wildman–Crippen MR) is 75.1 cm³/mol. The van der Waals surface area contributed by atoms with Crippen LogP contribution in [0.4, 0.5) is 0 Å². The molecule has 0 saturated carbocycles. The van der Waals surface area contributed by atoms with Crippen molar-refractivity contribution < 1.29 is 9.47 Å². The van der Waals surface area contributed by atoms with Crippen LogP contribution in [0.1, 0.15) is 38.8 Å². The summed E-state index contributed by atoms with van der Waals surface area (Å²) < 4.78 is 11.1. The molecule has 0 aliphatic rings. The fourth-order valence-electron chi connectivity index (χ4n) is 1.98. The van der Waals surface area contributed by atoms with E-state index in [1.54, 1.807) is 0 Å². The highest BCUT2D eigenvalue weighted by atomic mass is 16.5. The first-order chi connectivity index (χ1) is 8.83. The molecule has 102 valence electrons.